The fraction of sp³-hybridized carbons (Fsp3) is 0.789. The molecule has 0 aromatic carbocycles. The molecule has 0 saturated carbocycles. The number of aryl methyl sites for hydroxylation is 1. The fourth-order valence-electron chi connectivity index (χ4n) is 3.68. The largest absolute Gasteiger partial charge is 0.379 e. The predicted octanol–water partition coefficient (Wildman–Crippen LogP) is 3.20. The number of carbonyl (C=O) groups excluding carboxylic acids is 1. The van der Waals surface area contributed by atoms with Gasteiger partial charge in [0, 0.05) is 24.5 Å². The zero-order valence-electron chi connectivity index (χ0n) is 15.9. The highest BCUT2D eigenvalue weighted by molar-refractivity contribution is 7.15. The van der Waals surface area contributed by atoms with Crippen LogP contribution in [0.2, 0.25) is 0 Å². The van der Waals surface area contributed by atoms with E-state index in [1.165, 1.54) is 17.0 Å². The van der Waals surface area contributed by atoms with E-state index >= 15 is 0 Å². The molecule has 0 radical (unpaired) electrons. The van der Waals surface area contributed by atoms with Gasteiger partial charge in [-0.2, -0.15) is 0 Å². The first kappa shape index (κ1) is 18.8. The van der Waals surface area contributed by atoms with Gasteiger partial charge in [0.15, 0.2) is 5.13 Å². The summed E-state index contributed by atoms with van der Waals surface area (Å²) in [7, 11) is 0. The Morgan fingerprint density at radius 2 is 2.12 bits per heavy atom. The van der Waals surface area contributed by atoms with Gasteiger partial charge in [0.05, 0.1) is 24.3 Å². The van der Waals surface area contributed by atoms with Crippen molar-refractivity contribution in [1.29, 1.82) is 0 Å². The maximum Gasteiger partial charge on any atom is 0.233 e. The van der Waals surface area contributed by atoms with Crippen LogP contribution in [-0.2, 0) is 22.4 Å². The summed E-state index contributed by atoms with van der Waals surface area (Å²) in [6.07, 6.45) is 3.36. The van der Waals surface area contributed by atoms with E-state index in [9.17, 15) is 4.79 Å². The molecular formula is C19H31N3O2S. The van der Waals surface area contributed by atoms with E-state index in [0.29, 0.717) is 5.92 Å². The Morgan fingerprint density at radius 1 is 1.40 bits per heavy atom. The molecule has 1 N–H and O–H groups in total. The van der Waals surface area contributed by atoms with Crippen molar-refractivity contribution in [3.05, 3.63) is 10.6 Å². The van der Waals surface area contributed by atoms with Crippen molar-refractivity contribution in [2.45, 2.75) is 47.0 Å². The smallest absolute Gasteiger partial charge is 0.233 e. The summed E-state index contributed by atoms with van der Waals surface area (Å²) in [4.78, 5) is 21.2. The molecule has 25 heavy (non-hydrogen) atoms. The molecule has 1 aliphatic carbocycles. The number of amides is 1. The Kier molecular flexibility index (Phi) is 5.81. The standard InChI is InChI=1S/C19H31N3O2S/c1-13(2)14-5-6-15-16(11-14)25-18(20-15)21-17(23)19(3,4)12-22-7-9-24-10-8-22/h13-14H,5-12H2,1-4H3,(H,20,21,23). The highest BCUT2D eigenvalue weighted by Gasteiger charge is 2.32. The number of fused-ring (bicyclic) bond motifs is 1. The summed E-state index contributed by atoms with van der Waals surface area (Å²) in [5, 5.41) is 3.86. The number of aromatic nitrogens is 1. The molecule has 1 atom stereocenters. The summed E-state index contributed by atoms with van der Waals surface area (Å²) in [5.41, 5.74) is 0.757. The first-order valence-electron chi connectivity index (χ1n) is 9.45. The zero-order chi connectivity index (χ0) is 18.0. The maximum atomic E-state index is 12.8. The second kappa shape index (κ2) is 7.72. The quantitative estimate of drug-likeness (QED) is 0.871. The Labute approximate surface area is 155 Å². The van der Waals surface area contributed by atoms with Crippen LogP contribution in [0.5, 0.6) is 0 Å². The predicted molar refractivity (Wildman–Crippen MR) is 102 cm³/mol. The second-order valence-electron chi connectivity index (χ2n) is 8.36. The van der Waals surface area contributed by atoms with Gasteiger partial charge in [-0.3, -0.25) is 9.69 Å². The molecule has 5 nitrogen and oxygen atoms in total. The molecule has 0 spiro atoms. The van der Waals surface area contributed by atoms with Gasteiger partial charge in [0.1, 0.15) is 0 Å². The first-order valence-corrected chi connectivity index (χ1v) is 10.3. The molecule has 1 aromatic heterocycles. The maximum absolute atomic E-state index is 12.8. The molecule has 1 amide bonds. The van der Waals surface area contributed by atoms with Gasteiger partial charge in [-0.05, 0) is 44.9 Å². The van der Waals surface area contributed by atoms with E-state index in [2.05, 4.69) is 24.1 Å². The number of morpholine rings is 1. The van der Waals surface area contributed by atoms with Gasteiger partial charge < -0.3 is 10.1 Å². The van der Waals surface area contributed by atoms with Crippen molar-refractivity contribution in [3.63, 3.8) is 0 Å². The molecule has 2 aliphatic rings. The van der Waals surface area contributed by atoms with Gasteiger partial charge >= 0.3 is 0 Å². The Morgan fingerprint density at radius 3 is 2.80 bits per heavy atom. The summed E-state index contributed by atoms with van der Waals surface area (Å²) in [5.74, 6) is 1.51. The van der Waals surface area contributed by atoms with Crippen molar-refractivity contribution in [2.24, 2.45) is 17.3 Å². The normalized spacial score (nSPS) is 22.0. The molecule has 1 saturated heterocycles. The number of nitrogens with zero attached hydrogens (tertiary/aromatic N) is 2. The minimum absolute atomic E-state index is 0.0606. The summed E-state index contributed by atoms with van der Waals surface area (Å²) in [6.45, 7) is 12.7. The van der Waals surface area contributed by atoms with Crippen molar-refractivity contribution in [1.82, 2.24) is 9.88 Å². The van der Waals surface area contributed by atoms with E-state index in [1.807, 2.05) is 13.8 Å². The molecule has 1 aromatic rings. The van der Waals surface area contributed by atoms with Crippen LogP contribution in [0.4, 0.5) is 5.13 Å². The second-order valence-corrected chi connectivity index (χ2v) is 9.45. The number of ether oxygens (including phenoxy) is 1. The third-order valence-electron chi connectivity index (χ3n) is 5.48. The summed E-state index contributed by atoms with van der Waals surface area (Å²) >= 11 is 1.67. The lowest BCUT2D eigenvalue weighted by Crippen LogP contribution is -2.46. The lowest BCUT2D eigenvalue weighted by molar-refractivity contribution is -0.125. The van der Waals surface area contributed by atoms with E-state index in [0.717, 1.165) is 56.7 Å². The molecule has 1 fully saturated rings. The molecule has 1 unspecified atom stereocenters. The van der Waals surface area contributed by atoms with Crippen molar-refractivity contribution in [2.75, 3.05) is 38.2 Å². The molecule has 6 heteroatoms. The van der Waals surface area contributed by atoms with Gasteiger partial charge in [-0.15, -0.1) is 11.3 Å². The van der Waals surface area contributed by atoms with Gasteiger partial charge in [0.25, 0.3) is 0 Å². The highest BCUT2D eigenvalue weighted by Crippen LogP contribution is 2.35. The number of thiazole rings is 1. The number of rotatable bonds is 5. The van der Waals surface area contributed by atoms with Crippen LogP contribution >= 0.6 is 11.3 Å². The first-order chi connectivity index (χ1) is 11.8. The fourth-order valence-corrected chi connectivity index (χ4v) is 4.78. The highest BCUT2D eigenvalue weighted by atomic mass is 32.1. The number of hydrogen-bond donors (Lipinski definition) is 1. The van der Waals surface area contributed by atoms with Crippen LogP contribution in [0.1, 0.15) is 44.7 Å². The monoisotopic (exact) mass is 365 g/mol. The lowest BCUT2D eigenvalue weighted by Gasteiger charge is -2.33. The number of carbonyl (C=O) groups is 1. The topological polar surface area (TPSA) is 54.5 Å². The molecule has 140 valence electrons. The van der Waals surface area contributed by atoms with Gasteiger partial charge in [-0.25, -0.2) is 4.98 Å². The summed E-state index contributed by atoms with van der Waals surface area (Å²) < 4.78 is 5.39. The van der Waals surface area contributed by atoms with Gasteiger partial charge in [0.2, 0.25) is 5.91 Å². The Hall–Kier alpha value is -0.980. The molecule has 2 heterocycles. The number of hydrogen-bond acceptors (Lipinski definition) is 5. The van der Waals surface area contributed by atoms with E-state index in [-0.39, 0.29) is 5.91 Å². The van der Waals surface area contributed by atoms with Crippen molar-refractivity contribution >= 4 is 22.4 Å². The summed E-state index contributed by atoms with van der Waals surface area (Å²) in [6, 6.07) is 0. The van der Waals surface area contributed by atoms with Crippen molar-refractivity contribution in [3.8, 4) is 0 Å². The third kappa shape index (κ3) is 4.60. The van der Waals surface area contributed by atoms with Gasteiger partial charge in [-0.1, -0.05) is 13.8 Å². The number of nitrogens with one attached hydrogen (secondary N) is 1. The third-order valence-corrected chi connectivity index (χ3v) is 6.51. The average molecular weight is 366 g/mol. The Balaban J connectivity index is 1.61. The van der Waals surface area contributed by atoms with E-state index in [4.69, 9.17) is 9.72 Å². The average Bonchev–Trinajstić information content (AvgIpc) is 2.96. The van der Waals surface area contributed by atoms with Crippen LogP contribution in [0.3, 0.4) is 0 Å². The minimum Gasteiger partial charge on any atom is -0.379 e. The zero-order valence-corrected chi connectivity index (χ0v) is 16.7. The molecule has 3 rings (SSSR count). The Bertz CT molecular complexity index is 606. The van der Waals surface area contributed by atoms with Crippen LogP contribution < -0.4 is 5.32 Å². The van der Waals surface area contributed by atoms with Crippen molar-refractivity contribution < 1.29 is 9.53 Å². The van der Waals surface area contributed by atoms with Crippen LogP contribution in [-0.4, -0.2) is 48.6 Å². The van der Waals surface area contributed by atoms with Crippen LogP contribution in [0.25, 0.3) is 0 Å². The lowest BCUT2D eigenvalue weighted by atomic mass is 9.83. The molecule has 0 bridgehead atoms. The van der Waals surface area contributed by atoms with Crippen LogP contribution in [0.15, 0.2) is 0 Å². The SMILES string of the molecule is CC(C)C1CCc2nc(NC(=O)C(C)(C)CN3CCOCC3)sc2C1. The van der Waals surface area contributed by atoms with E-state index < -0.39 is 5.41 Å². The van der Waals surface area contributed by atoms with E-state index in [1.54, 1.807) is 11.3 Å². The molecular weight excluding hydrogens is 334 g/mol. The minimum atomic E-state index is -0.440. The van der Waals surface area contributed by atoms with Crippen LogP contribution in [0, 0.1) is 17.3 Å². The molecule has 1 aliphatic heterocycles. The number of anilines is 1.